The van der Waals surface area contributed by atoms with Crippen molar-refractivity contribution in [3.63, 3.8) is 0 Å². The van der Waals surface area contributed by atoms with Crippen molar-refractivity contribution in [2.24, 2.45) is 0 Å². The van der Waals surface area contributed by atoms with Gasteiger partial charge in [0.05, 0.1) is 31.7 Å². The van der Waals surface area contributed by atoms with E-state index in [-0.39, 0.29) is 18.0 Å². The number of aromatic nitrogens is 2. The van der Waals surface area contributed by atoms with Gasteiger partial charge in [0, 0.05) is 23.7 Å². The molecule has 3 rings (SSSR count). The minimum Gasteiger partial charge on any atom is -0.493 e. The van der Waals surface area contributed by atoms with Crippen LogP contribution in [0.5, 0.6) is 11.5 Å². The lowest BCUT2D eigenvalue weighted by Crippen LogP contribution is -2.30. The van der Waals surface area contributed by atoms with Crippen molar-refractivity contribution < 1.29 is 14.3 Å². The van der Waals surface area contributed by atoms with E-state index in [9.17, 15) is 9.59 Å². The second-order valence-corrected chi connectivity index (χ2v) is 6.91. The minimum absolute atomic E-state index is 0.161. The number of nitrogens with one attached hydrogen (secondary N) is 1. The van der Waals surface area contributed by atoms with Crippen LogP contribution in [0.4, 0.5) is 0 Å². The van der Waals surface area contributed by atoms with Gasteiger partial charge < -0.3 is 19.4 Å². The van der Waals surface area contributed by atoms with Gasteiger partial charge >= 0.3 is 0 Å². The number of halogens is 1. The predicted molar refractivity (Wildman–Crippen MR) is 117 cm³/mol. The number of nitrogens with zero attached hydrogens (tertiary/aromatic N) is 2. The first kappa shape index (κ1) is 21.4. The van der Waals surface area contributed by atoms with Gasteiger partial charge in [0.1, 0.15) is 5.82 Å². The molecule has 8 heteroatoms. The second kappa shape index (κ2) is 9.45. The SMILES string of the molecule is CCN(Cc1nc2cc(OC)c(OC)cc2c(=O)[nH]1)C(=O)/C=C/c1cccc(Cl)c1. The molecule has 0 radical (unpaired) electrons. The van der Waals surface area contributed by atoms with E-state index in [1.165, 1.54) is 20.3 Å². The quantitative estimate of drug-likeness (QED) is 0.582. The third kappa shape index (κ3) is 4.80. The van der Waals surface area contributed by atoms with Crippen LogP contribution in [0.1, 0.15) is 18.3 Å². The molecule has 0 spiro atoms. The number of rotatable bonds is 7. The van der Waals surface area contributed by atoms with Crippen molar-refractivity contribution >= 4 is 34.5 Å². The molecule has 0 aliphatic rings. The van der Waals surface area contributed by atoms with Crippen LogP contribution in [0.15, 0.2) is 47.3 Å². The molecule has 30 heavy (non-hydrogen) atoms. The summed E-state index contributed by atoms with van der Waals surface area (Å²) >= 11 is 5.97. The van der Waals surface area contributed by atoms with Crippen LogP contribution in [0.25, 0.3) is 17.0 Å². The van der Waals surface area contributed by atoms with Gasteiger partial charge in [-0.15, -0.1) is 0 Å². The van der Waals surface area contributed by atoms with Crippen molar-refractivity contribution in [2.75, 3.05) is 20.8 Å². The smallest absolute Gasteiger partial charge is 0.258 e. The molecule has 0 saturated heterocycles. The molecule has 1 amide bonds. The maximum absolute atomic E-state index is 12.6. The number of H-pyrrole nitrogens is 1. The van der Waals surface area contributed by atoms with Gasteiger partial charge in [0.2, 0.25) is 5.91 Å². The summed E-state index contributed by atoms with van der Waals surface area (Å²) in [5, 5.41) is 0.980. The summed E-state index contributed by atoms with van der Waals surface area (Å²) in [6, 6.07) is 10.4. The molecule has 0 unspecified atom stereocenters. The highest BCUT2D eigenvalue weighted by Crippen LogP contribution is 2.29. The first-order chi connectivity index (χ1) is 14.4. The summed E-state index contributed by atoms with van der Waals surface area (Å²) in [5.41, 5.74) is 0.975. The molecular weight excluding hydrogens is 406 g/mol. The molecule has 1 aromatic heterocycles. The first-order valence-electron chi connectivity index (χ1n) is 9.32. The van der Waals surface area contributed by atoms with E-state index in [2.05, 4.69) is 9.97 Å². The lowest BCUT2D eigenvalue weighted by molar-refractivity contribution is -0.126. The number of ether oxygens (including phenoxy) is 2. The number of aromatic amines is 1. The molecule has 156 valence electrons. The summed E-state index contributed by atoms with van der Waals surface area (Å²) in [5.74, 6) is 1.10. The summed E-state index contributed by atoms with van der Waals surface area (Å²) < 4.78 is 10.5. The topological polar surface area (TPSA) is 84.5 Å². The molecule has 1 N–H and O–H groups in total. The molecule has 0 saturated carbocycles. The third-order valence-electron chi connectivity index (χ3n) is 4.56. The summed E-state index contributed by atoms with van der Waals surface area (Å²) in [6.45, 7) is 2.47. The Hall–Kier alpha value is -3.32. The molecule has 1 heterocycles. The van der Waals surface area contributed by atoms with Crippen LogP contribution in [-0.2, 0) is 11.3 Å². The highest BCUT2D eigenvalue weighted by Gasteiger charge is 2.14. The summed E-state index contributed by atoms with van der Waals surface area (Å²) in [4.78, 5) is 34.0. The molecule has 0 bridgehead atoms. The highest BCUT2D eigenvalue weighted by atomic mass is 35.5. The van der Waals surface area contributed by atoms with Gasteiger partial charge in [-0.05, 0) is 36.8 Å². The van der Waals surface area contributed by atoms with Crippen LogP contribution in [0, 0.1) is 0 Å². The predicted octanol–water partition coefficient (Wildman–Crippen LogP) is 3.66. The van der Waals surface area contributed by atoms with Gasteiger partial charge in [0.25, 0.3) is 5.56 Å². The Bertz CT molecular complexity index is 1160. The molecule has 0 aliphatic heterocycles. The number of fused-ring (bicyclic) bond motifs is 1. The van der Waals surface area contributed by atoms with E-state index in [1.807, 2.05) is 19.1 Å². The van der Waals surface area contributed by atoms with Gasteiger partial charge in [-0.25, -0.2) is 4.98 Å². The van der Waals surface area contributed by atoms with E-state index >= 15 is 0 Å². The van der Waals surface area contributed by atoms with Gasteiger partial charge in [-0.1, -0.05) is 23.7 Å². The standard InChI is InChI=1S/C22H22ClN3O4/c1-4-26(21(27)9-8-14-6-5-7-15(23)10-14)13-20-24-17-12-19(30-3)18(29-2)11-16(17)22(28)25-20/h5-12H,4,13H2,1-3H3,(H,24,25,28)/b9-8+. The highest BCUT2D eigenvalue weighted by molar-refractivity contribution is 6.30. The Kier molecular flexibility index (Phi) is 6.74. The molecule has 2 aromatic carbocycles. The molecule has 0 atom stereocenters. The van der Waals surface area contributed by atoms with E-state index in [0.29, 0.717) is 39.8 Å². The van der Waals surface area contributed by atoms with Gasteiger partial charge in [-0.2, -0.15) is 0 Å². The third-order valence-corrected chi connectivity index (χ3v) is 4.80. The van der Waals surface area contributed by atoms with Crippen LogP contribution in [0.3, 0.4) is 0 Å². The number of benzene rings is 2. The number of amides is 1. The maximum Gasteiger partial charge on any atom is 0.258 e. The zero-order valence-corrected chi connectivity index (χ0v) is 17.7. The number of carbonyl (C=O) groups excluding carboxylic acids is 1. The fraction of sp³-hybridized carbons (Fsp3) is 0.227. The van der Waals surface area contributed by atoms with Gasteiger partial charge in [-0.3, -0.25) is 9.59 Å². The fourth-order valence-electron chi connectivity index (χ4n) is 3.00. The van der Waals surface area contributed by atoms with Crippen molar-refractivity contribution in [1.82, 2.24) is 14.9 Å². The van der Waals surface area contributed by atoms with Crippen molar-refractivity contribution in [3.05, 3.63) is 69.2 Å². The van der Waals surface area contributed by atoms with E-state index in [4.69, 9.17) is 21.1 Å². The Labute approximate surface area is 178 Å². The van der Waals surface area contributed by atoms with E-state index in [1.54, 1.807) is 35.2 Å². The maximum atomic E-state index is 12.6. The average molecular weight is 428 g/mol. The molecule has 7 nitrogen and oxygen atoms in total. The minimum atomic E-state index is -0.311. The monoisotopic (exact) mass is 427 g/mol. The lowest BCUT2D eigenvalue weighted by atomic mass is 10.2. The van der Waals surface area contributed by atoms with Crippen molar-refractivity contribution in [2.45, 2.75) is 13.5 Å². The Balaban J connectivity index is 1.85. The number of likely N-dealkylation sites (N-methyl/N-ethyl adjacent to an activating group) is 1. The zero-order chi connectivity index (χ0) is 21.7. The van der Waals surface area contributed by atoms with Crippen LogP contribution in [-0.4, -0.2) is 41.5 Å². The van der Waals surface area contributed by atoms with Crippen LogP contribution >= 0.6 is 11.6 Å². The molecule has 0 fully saturated rings. The molecular formula is C22H22ClN3O4. The van der Waals surface area contributed by atoms with Crippen LogP contribution < -0.4 is 15.0 Å². The van der Waals surface area contributed by atoms with Crippen molar-refractivity contribution in [3.8, 4) is 11.5 Å². The van der Waals surface area contributed by atoms with E-state index < -0.39 is 0 Å². The average Bonchev–Trinajstić information content (AvgIpc) is 2.75. The Morgan fingerprint density at radius 3 is 2.60 bits per heavy atom. The summed E-state index contributed by atoms with van der Waals surface area (Å²) in [6.07, 6.45) is 3.17. The van der Waals surface area contributed by atoms with E-state index in [0.717, 1.165) is 5.56 Å². The number of hydrogen-bond acceptors (Lipinski definition) is 5. The fourth-order valence-corrected chi connectivity index (χ4v) is 3.20. The number of methoxy groups -OCH3 is 2. The number of carbonyl (C=O) groups is 1. The first-order valence-corrected chi connectivity index (χ1v) is 9.70. The number of hydrogen-bond donors (Lipinski definition) is 1. The molecule has 3 aromatic rings. The Morgan fingerprint density at radius 2 is 1.93 bits per heavy atom. The normalized spacial score (nSPS) is 11.1. The zero-order valence-electron chi connectivity index (χ0n) is 16.9. The van der Waals surface area contributed by atoms with Crippen molar-refractivity contribution in [1.29, 1.82) is 0 Å². The Morgan fingerprint density at radius 1 is 1.20 bits per heavy atom. The summed E-state index contributed by atoms with van der Waals surface area (Å²) in [7, 11) is 3.02. The van der Waals surface area contributed by atoms with Crippen LogP contribution in [0.2, 0.25) is 5.02 Å². The molecule has 0 aliphatic carbocycles. The lowest BCUT2D eigenvalue weighted by Gasteiger charge is -2.18. The van der Waals surface area contributed by atoms with Gasteiger partial charge in [0.15, 0.2) is 11.5 Å². The largest absolute Gasteiger partial charge is 0.493 e. The second-order valence-electron chi connectivity index (χ2n) is 6.48.